The average Bonchev–Trinajstić information content (AvgIpc) is 3.23. The molecule has 1 atom stereocenters. The lowest BCUT2D eigenvalue weighted by Crippen LogP contribution is -2.30. The van der Waals surface area contributed by atoms with Crippen LogP contribution < -0.4 is 16.0 Å². The molecule has 1 aromatic rings. The van der Waals surface area contributed by atoms with Gasteiger partial charge in [-0.25, -0.2) is 9.59 Å². The van der Waals surface area contributed by atoms with E-state index >= 15 is 0 Å². The highest BCUT2D eigenvalue weighted by atomic mass is 32.1. The first-order chi connectivity index (χ1) is 14.4. The third-order valence-corrected chi connectivity index (χ3v) is 5.97. The second-order valence-corrected chi connectivity index (χ2v) is 8.00. The van der Waals surface area contributed by atoms with Crippen LogP contribution in [0.3, 0.4) is 0 Å². The van der Waals surface area contributed by atoms with Crippen LogP contribution >= 0.6 is 11.3 Å². The number of aryl methyl sites for hydroxylation is 1. The van der Waals surface area contributed by atoms with Gasteiger partial charge < -0.3 is 20.1 Å². The second kappa shape index (κ2) is 9.70. The first-order valence-corrected chi connectivity index (χ1v) is 10.6. The zero-order valence-electron chi connectivity index (χ0n) is 16.5. The Labute approximate surface area is 176 Å². The van der Waals surface area contributed by atoms with Gasteiger partial charge in [0.2, 0.25) is 0 Å². The summed E-state index contributed by atoms with van der Waals surface area (Å²) in [4.78, 5) is 60.0. The number of nitrogens with one attached hydrogen (secondary N) is 3. The topological polar surface area (TPSA) is 140 Å². The van der Waals surface area contributed by atoms with Crippen LogP contribution in [-0.4, -0.2) is 49.0 Å². The Kier molecular flexibility index (Phi) is 7.03. The number of imide groups is 1. The molecule has 0 radical (unpaired) electrons. The average molecular weight is 437 g/mol. The van der Waals surface area contributed by atoms with E-state index in [1.165, 1.54) is 11.3 Å². The van der Waals surface area contributed by atoms with E-state index in [1.54, 1.807) is 6.92 Å². The normalized spacial score (nSPS) is 17.6. The predicted octanol–water partition coefficient (Wildman–Crippen LogP) is 1.27. The fourth-order valence-electron chi connectivity index (χ4n) is 3.38. The Morgan fingerprint density at radius 2 is 1.93 bits per heavy atom. The van der Waals surface area contributed by atoms with E-state index in [2.05, 4.69) is 16.0 Å². The van der Waals surface area contributed by atoms with Gasteiger partial charge in [0, 0.05) is 11.3 Å². The zero-order valence-corrected chi connectivity index (χ0v) is 17.3. The molecule has 3 N–H and O–H groups in total. The van der Waals surface area contributed by atoms with E-state index in [0.29, 0.717) is 10.6 Å². The Balaban J connectivity index is 1.54. The van der Waals surface area contributed by atoms with Crippen LogP contribution in [0.4, 0.5) is 9.80 Å². The summed E-state index contributed by atoms with van der Waals surface area (Å²) in [7, 11) is 0. The third kappa shape index (κ3) is 5.15. The van der Waals surface area contributed by atoms with Gasteiger partial charge in [0.1, 0.15) is 11.0 Å². The maximum absolute atomic E-state index is 12.4. The minimum absolute atomic E-state index is 0.0721. The van der Waals surface area contributed by atoms with Gasteiger partial charge in [-0.3, -0.25) is 19.7 Å². The molecule has 10 nitrogen and oxygen atoms in total. The fourth-order valence-corrected chi connectivity index (χ4v) is 4.67. The fraction of sp³-hybridized carbons (Fsp3) is 0.526. The minimum Gasteiger partial charge on any atom is -0.462 e. The van der Waals surface area contributed by atoms with E-state index in [0.717, 1.165) is 36.1 Å². The maximum atomic E-state index is 12.4. The van der Waals surface area contributed by atoms with Gasteiger partial charge in [0.25, 0.3) is 11.8 Å². The molecular weight excluding hydrogens is 414 g/mol. The van der Waals surface area contributed by atoms with Crippen LogP contribution in [0, 0.1) is 0 Å². The molecular formula is C19H23N3O7S. The lowest BCUT2D eigenvalue weighted by Gasteiger charge is -2.12. The standard InChI is InChI=1S/C19H23N3O7S/c1-2-28-18(26)15-10-5-3-4-6-12(10)30-17(15)21-13(23)9-29-14(24)8-7-11-16(25)22-19(27)20-11/h11H,2-9H2,1H3,(H,21,23)(H2,20,22,25,27)/t11-/m0/s1. The van der Waals surface area contributed by atoms with E-state index < -0.39 is 42.4 Å². The Bertz CT molecular complexity index is 880. The number of carbonyl (C=O) groups excluding carboxylic acids is 5. The molecule has 4 amide bonds. The molecule has 1 aliphatic carbocycles. The summed E-state index contributed by atoms with van der Waals surface area (Å²) in [6.45, 7) is 1.43. The minimum atomic E-state index is -0.788. The largest absolute Gasteiger partial charge is 0.462 e. The van der Waals surface area contributed by atoms with Crippen molar-refractivity contribution >= 4 is 46.1 Å². The molecule has 2 aliphatic rings. The summed E-state index contributed by atoms with van der Waals surface area (Å²) in [6, 6.07) is -1.39. The molecule has 0 bridgehead atoms. The molecule has 0 spiro atoms. The molecule has 3 rings (SSSR count). The number of carbonyl (C=O) groups is 5. The molecule has 2 heterocycles. The maximum Gasteiger partial charge on any atom is 0.341 e. The zero-order chi connectivity index (χ0) is 21.7. The summed E-state index contributed by atoms with van der Waals surface area (Å²) in [6.07, 6.45) is 3.55. The van der Waals surface area contributed by atoms with Gasteiger partial charge >= 0.3 is 18.0 Å². The van der Waals surface area contributed by atoms with Crippen molar-refractivity contribution in [1.82, 2.24) is 10.6 Å². The van der Waals surface area contributed by atoms with Gasteiger partial charge in [0.05, 0.1) is 12.2 Å². The van der Waals surface area contributed by atoms with Crippen LogP contribution in [0.1, 0.15) is 53.4 Å². The molecule has 1 fully saturated rings. The third-order valence-electron chi connectivity index (χ3n) is 4.76. The van der Waals surface area contributed by atoms with Gasteiger partial charge in [-0.15, -0.1) is 11.3 Å². The van der Waals surface area contributed by atoms with Crippen LogP contribution in [0.2, 0.25) is 0 Å². The first-order valence-electron chi connectivity index (χ1n) is 9.77. The molecule has 0 aromatic carbocycles. The lowest BCUT2D eigenvalue weighted by atomic mass is 9.95. The van der Waals surface area contributed by atoms with Crippen molar-refractivity contribution in [3.63, 3.8) is 0 Å². The monoisotopic (exact) mass is 437 g/mol. The van der Waals surface area contributed by atoms with Crippen molar-refractivity contribution < 1.29 is 33.4 Å². The number of amides is 4. The van der Waals surface area contributed by atoms with Gasteiger partial charge in [-0.05, 0) is 44.6 Å². The number of esters is 2. The van der Waals surface area contributed by atoms with Crippen molar-refractivity contribution in [2.45, 2.75) is 51.5 Å². The van der Waals surface area contributed by atoms with Crippen molar-refractivity contribution in [1.29, 1.82) is 0 Å². The molecule has 162 valence electrons. The number of ether oxygens (including phenoxy) is 2. The lowest BCUT2D eigenvalue weighted by molar-refractivity contribution is -0.147. The summed E-state index contributed by atoms with van der Waals surface area (Å²) < 4.78 is 10.1. The number of fused-ring (bicyclic) bond motifs is 1. The Morgan fingerprint density at radius 1 is 1.17 bits per heavy atom. The highest BCUT2D eigenvalue weighted by Gasteiger charge is 2.30. The van der Waals surface area contributed by atoms with Gasteiger partial charge in [0.15, 0.2) is 6.61 Å². The second-order valence-electron chi connectivity index (χ2n) is 6.90. The number of rotatable bonds is 8. The Morgan fingerprint density at radius 3 is 2.63 bits per heavy atom. The van der Waals surface area contributed by atoms with Gasteiger partial charge in [-0.1, -0.05) is 0 Å². The quantitative estimate of drug-likeness (QED) is 0.411. The molecule has 0 saturated carbocycles. The van der Waals surface area contributed by atoms with Crippen molar-refractivity contribution in [3.8, 4) is 0 Å². The smallest absolute Gasteiger partial charge is 0.341 e. The summed E-state index contributed by atoms with van der Waals surface area (Å²) >= 11 is 1.35. The van der Waals surface area contributed by atoms with E-state index in [-0.39, 0.29) is 19.4 Å². The molecule has 1 aliphatic heterocycles. The van der Waals surface area contributed by atoms with Crippen LogP contribution in [0.5, 0.6) is 0 Å². The van der Waals surface area contributed by atoms with E-state index in [1.807, 2.05) is 0 Å². The number of hydrogen-bond acceptors (Lipinski definition) is 8. The number of urea groups is 1. The summed E-state index contributed by atoms with van der Waals surface area (Å²) in [5.74, 6) is -2.21. The summed E-state index contributed by atoms with van der Waals surface area (Å²) in [5.41, 5.74) is 1.31. The van der Waals surface area contributed by atoms with Crippen molar-refractivity contribution in [2.24, 2.45) is 0 Å². The number of anilines is 1. The first kappa shape index (κ1) is 21.8. The molecule has 1 saturated heterocycles. The van der Waals surface area contributed by atoms with Crippen LogP contribution in [0.25, 0.3) is 0 Å². The van der Waals surface area contributed by atoms with Gasteiger partial charge in [-0.2, -0.15) is 0 Å². The van der Waals surface area contributed by atoms with Crippen LogP contribution in [0.15, 0.2) is 0 Å². The highest BCUT2D eigenvalue weighted by molar-refractivity contribution is 7.17. The SMILES string of the molecule is CCOC(=O)c1c(NC(=O)COC(=O)CC[C@@H]2NC(=O)NC2=O)sc2c1CCCC2. The molecule has 11 heteroatoms. The van der Waals surface area contributed by atoms with E-state index in [9.17, 15) is 24.0 Å². The molecule has 1 aromatic heterocycles. The number of hydrogen-bond donors (Lipinski definition) is 3. The van der Waals surface area contributed by atoms with E-state index in [4.69, 9.17) is 9.47 Å². The number of thiophene rings is 1. The van der Waals surface area contributed by atoms with Crippen molar-refractivity contribution in [3.05, 3.63) is 16.0 Å². The highest BCUT2D eigenvalue weighted by Crippen LogP contribution is 2.38. The molecule has 30 heavy (non-hydrogen) atoms. The Hall–Kier alpha value is -2.95. The predicted molar refractivity (Wildman–Crippen MR) is 106 cm³/mol. The van der Waals surface area contributed by atoms with Crippen LogP contribution in [-0.2, 0) is 36.7 Å². The summed E-state index contributed by atoms with van der Waals surface area (Å²) in [5, 5.41) is 7.51. The molecule has 0 unspecified atom stereocenters. The van der Waals surface area contributed by atoms with Crippen molar-refractivity contribution in [2.75, 3.05) is 18.5 Å².